The molecule has 0 aliphatic heterocycles. The van der Waals surface area contributed by atoms with E-state index in [1.54, 1.807) is 13.0 Å². The van der Waals surface area contributed by atoms with E-state index in [0.29, 0.717) is 23.4 Å². The molecule has 1 amide bonds. The number of aryl methyl sites for hydroxylation is 1. The lowest BCUT2D eigenvalue weighted by atomic mass is 10.0. The molecular formula is C20H25N3O6. The van der Waals surface area contributed by atoms with E-state index < -0.39 is 30.5 Å². The maximum atomic E-state index is 12.7. The molecule has 1 atom stereocenters. The summed E-state index contributed by atoms with van der Waals surface area (Å²) in [6.07, 6.45) is 2.43. The molecule has 2 aromatic rings. The number of nitrogens with one attached hydrogen (secondary N) is 1. The fraction of sp³-hybridized carbons (Fsp3) is 0.550. The maximum Gasteiger partial charge on any atom is 0.339 e. The lowest BCUT2D eigenvalue weighted by Gasteiger charge is -2.18. The van der Waals surface area contributed by atoms with E-state index in [0.717, 1.165) is 18.5 Å². The number of fused-ring (bicyclic) bond motifs is 1. The first-order chi connectivity index (χ1) is 13.8. The van der Waals surface area contributed by atoms with Crippen LogP contribution in [-0.2, 0) is 19.1 Å². The number of hydrogen-bond acceptors (Lipinski definition) is 8. The third-order valence-corrected chi connectivity index (χ3v) is 4.71. The summed E-state index contributed by atoms with van der Waals surface area (Å²) in [5.74, 6) is -1.31. The summed E-state index contributed by atoms with van der Waals surface area (Å²) in [5, 5.41) is 6.91. The topological polar surface area (TPSA) is 121 Å². The van der Waals surface area contributed by atoms with Gasteiger partial charge in [0.25, 0.3) is 11.6 Å². The van der Waals surface area contributed by atoms with Crippen molar-refractivity contribution in [3.63, 3.8) is 0 Å². The largest absolute Gasteiger partial charge is 0.467 e. The second-order valence-corrected chi connectivity index (χ2v) is 7.67. The molecule has 9 heteroatoms. The summed E-state index contributed by atoms with van der Waals surface area (Å²) < 4.78 is 15.1. The molecule has 1 N–H and O–H groups in total. The van der Waals surface area contributed by atoms with E-state index in [1.807, 2.05) is 13.8 Å². The van der Waals surface area contributed by atoms with Gasteiger partial charge in [0.2, 0.25) is 0 Å². The van der Waals surface area contributed by atoms with E-state index in [9.17, 15) is 14.4 Å². The van der Waals surface area contributed by atoms with Crippen LogP contribution in [0.15, 0.2) is 10.6 Å². The maximum absolute atomic E-state index is 12.7. The van der Waals surface area contributed by atoms with E-state index in [-0.39, 0.29) is 17.2 Å². The number of carbonyl (C=O) groups is 3. The second-order valence-electron chi connectivity index (χ2n) is 7.67. The summed E-state index contributed by atoms with van der Waals surface area (Å²) in [7, 11) is 1.26. The van der Waals surface area contributed by atoms with Crippen molar-refractivity contribution in [2.45, 2.75) is 52.0 Å². The molecule has 2 heterocycles. The van der Waals surface area contributed by atoms with Gasteiger partial charge >= 0.3 is 11.9 Å². The number of amides is 1. The van der Waals surface area contributed by atoms with Gasteiger partial charge in [-0.05, 0) is 38.2 Å². The Labute approximate surface area is 168 Å². The predicted molar refractivity (Wildman–Crippen MR) is 102 cm³/mol. The minimum Gasteiger partial charge on any atom is -0.467 e. The minimum absolute atomic E-state index is 0.171. The van der Waals surface area contributed by atoms with Gasteiger partial charge in [0.15, 0.2) is 6.61 Å². The SMILES string of the molecule is COC(=O)C(CC(C)C)NC(=O)COC(=O)c1cc(C2CC2)nc2onc(C)c12. The Morgan fingerprint density at radius 3 is 2.66 bits per heavy atom. The zero-order chi connectivity index (χ0) is 21.1. The fourth-order valence-electron chi connectivity index (χ4n) is 3.14. The Balaban J connectivity index is 1.69. The average molecular weight is 403 g/mol. The van der Waals surface area contributed by atoms with Crippen LogP contribution in [0.3, 0.4) is 0 Å². The van der Waals surface area contributed by atoms with Crippen molar-refractivity contribution < 1.29 is 28.4 Å². The highest BCUT2D eigenvalue weighted by atomic mass is 16.5. The number of carbonyl (C=O) groups excluding carboxylic acids is 3. The molecule has 29 heavy (non-hydrogen) atoms. The molecule has 2 aromatic heterocycles. The molecular weight excluding hydrogens is 378 g/mol. The first kappa shape index (κ1) is 20.8. The van der Waals surface area contributed by atoms with Gasteiger partial charge in [0.1, 0.15) is 6.04 Å². The third-order valence-electron chi connectivity index (χ3n) is 4.71. The molecule has 1 saturated carbocycles. The van der Waals surface area contributed by atoms with Crippen molar-refractivity contribution in [1.82, 2.24) is 15.5 Å². The van der Waals surface area contributed by atoms with Gasteiger partial charge < -0.3 is 19.3 Å². The van der Waals surface area contributed by atoms with Crippen LogP contribution in [0.2, 0.25) is 0 Å². The van der Waals surface area contributed by atoms with Crippen LogP contribution in [-0.4, -0.2) is 47.7 Å². The molecule has 9 nitrogen and oxygen atoms in total. The average Bonchev–Trinajstić information content (AvgIpc) is 3.47. The van der Waals surface area contributed by atoms with Gasteiger partial charge in [-0.15, -0.1) is 0 Å². The molecule has 0 saturated heterocycles. The molecule has 1 aliphatic carbocycles. The first-order valence-electron chi connectivity index (χ1n) is 9.61. The molecule has 3 rings (SSSR count). The van der Waals surface area contributed by atoms with E-state index in [4.69, 9.17) is 14.0 Å². The highest BCUT2D eigenvalue weighted by Crippen LogP contribution is 2.40. The van der Waals surface area contributed by atoms with E-state index in [1.165, 1.54) is 7.11 Å². The van der Waals surface area contributed by atoms with Gasteiger partial charge in [-0.2, -0.15) is 0 Å². The number of aromatic nitrogens is 2. The van der Waals surface area contributed by atoms with Crippen LogP contribution in [0.25, 0.3) is 11.1 Å². The number of nitrogens with zero attached hydrogens (tertiary/aromatic N) is 2. The van der Waals surface area contributed by atoms with Crippen LogP contribution in [0.4, 0.5) is 0 Å². The summed E-state index contributed by atoms with van der Waals surface area (Å²) >= 11 is 0. The standard InChI is InChI=1S/C20H25N3O6/c1-10(2)7-15(20(26)27-4)21-16(24)9-28-19(25)13-8-14(12-5-6-12)22-18-17(13)11(3)23-29-18/h8,10,12,15H,5-7,9H2,1-4H3,(H,21,24). The van der Waals surface area contributed by atoms with Gasteiger partial charge in [0.05, 0.1) is 23.8 Å². The van der Waals surface area contributed by atoms with Crippen molar-refractivity contribution >= 4 is 28.9 Å². The Kier molecular flexibility index (Phi) is 6.14. The van der Waals surface area contributed by atoms with Crippen LogP contribution in [0, 0.1) is 12.8 Å². The number of rotatable bonds is 8. The Morgan fingerprint density at radius 2 is 2.03 bits per heavy atom. The van der Waals surface area contributed by atoms with Crippen molar-refractivity contribution in [2.75, 3.05) is 13.7 Å². The molecule has 156 valence electrons. The van der Waals surface area contributed by atoms with Crippen molar-refractivity contribution in [2.24, 2.45) is 5.92 Å². The Morgan fingerprint density at radius 1 is 1.31 bits per heavy atom. The number of methoxy groups -OCH3 is 1. The molecule has 0 aromatic carbocycles. The zero-order valence-electron chi connectivity index (χ0n) is 17.0. The first-order valence-corrected chi connectivity index (χ1v) is 9.61. The second kappa shape index (κ2) is 8.59. The van der Waals surface area contributed by atoms with E-state index >= 15 is 0 Å². The molecule has 1 fully saturated rings. The molecule has 0 bridgehead atoms. The predicted octanol–water partition coefficient (Wildman–Crippen LogP) is 2.27. The minimum atomic E-state index is -0.791. The van der Waals surface area contributed by atoms with Gasteiger partial charge in [-0.25, -0.2) is 14.6 Å². The summed E-state index contributed by atoms with van der Waals surface area (Å²) in [5.41, 5.74) is 1.84. The van der Waals surface area contributed by atoms with Crippen LogP contribution >= 0.6 is 0 Å². The number of esters is 2. The highest BCUT2D eigenvalue weighted by Gasteiger charge is 2.29. The molecule has 0 spiro atoms. The number of pyridine rings is 1. The Bertz CT molecular complexity index is 932. The van der Waals surface area contributed by atoms with Crippen LogP contribution < -0.4 is 5.32 Å². The number of hydrogen-bond donors (Lipinski definition) is 1. The van der Waals surface area contributed by atoms with Crippen LogP contribution in [0.1, 0.15) is 60.8 Å². The Hall–Kier alpha value is -2.97. The van der Waals surface area contributed by atoms with Gasteiger partial charge in [-0.1, -0.05) is 19.0 Å². The normalized spacial score (nSPS) is 14.7. The highest BCUT2D eigenvalue weighted by molar-refractivity contribution is 6.03. The lowest BCUT2D eigenvalue weighted by molar-refractivity contribution is -0.145. The smallest absolute Gasteiger partial charge is 0.339 e. The summed E-state index contributed by atoms with van der Waals surface area (Å²) in [6.45, 7) is 5.04. The van der Waals surface area contributed by atoms with Crippen molar-refractivity contribution in [3.05, 3.63) is 23.0 Å². The van der Waals surface area contributed by atoms with Gasteiger partial charge in [-0.3, -0.25) is 4.79 Å². The fourth-order valence-corrected chi connectivity index (χ4v) is 3.14. The van der Waals surface area contributed by atoms with Crippen LogP contribution in [0.5, 0.6) is 0 Å². The van der Waals surface area contributed by atoms with Gasteiger partial charge in [0, 0.05) is 11.6 Å². The molecule has 1 aliphatic rings. The lowest BCUT2D eigenvalue weighted by Crippen LogP contribution is -2.44. The summed E-state index contributed by atoms with van der Waals surface area (Å²) in [6, 6.07) is 0.890. The van der Waals surface area contributed by atoms with Crippen molar-refractivity contribution in [1.29, 1.82) is 0 Å². The quantitative estimate of drug-likeness (QED) is 0.667. The molecule has 0 radical (unpaired) electrons. The zero-order valence-corrected chi connectivity index (χ0v) is 17.0. The van der Waals surface area contributed by atoms with Crippen molar-refractivity contribution in [3.8, 4) is 0 Å². The monoisotopic (exact) mass is 403 g/mol. The summed E-state index contributed by atoms with van der Waals surface area (Å²) in [4.78, 5) is 41.1. The third kappa shape index (κ3) is 4.90. The van der Waals surface area contributed by atoms with E-state index in [2.05, 4.69) is 15.5 Å². The number of ether oxygens (including phenoxy) is 2. The molecule has 1 unspecified atom stereocenters.